The van der Waals surface area contributed by atoms with Crippen LogP contribution in [0.5, 0.6) is 0 Å². The highest BCUT2D eigenvalue weighted by Crippen LogP contribution is 2.33. The van der Waals surface area contributed by atoms with E-state index in [0.29, 0.717) is 24.3 Å². The first-order valence-corrected chi connectivity index (χ1v) is 7.40. The first-order chi connectivity index (χ1) is 10.1. The van der Waals surface area contributed by atoms with Gasteiger partial charge in [0.15, 0.2) is 5.78 Å². The summed E-state index contributed by atoms with van der Waals surface area (Å²) in [6.45, 7) is 4.49. The van der Waals surface area contributed by atoms with Gasteiger partial charge in [0.1, 0.15) is 5.72 Å². The Kier molecular flexibility index (Phi) is 3.78. The minimum absolute atomic E-state index is 0.00771. The molecule has 1 amide bonds. The van der Waals surface area contributed by atoms with Gasteiger partial charge < -0.3 is 15.0 Å². The van der Waals surface area contributed by atoms with Gasteiger partial charge in [-0.2, -0.15) is 0 Å². The van der Waals surface area contributed by atoms with Gasteiger partial charge in [0, 0.05) is 30.5 Å². The molecular formula is C16H20N2O3. The molecule has 5 heteroatoms. The summed E-state index contributed by atoms with van der Waals surface area (Å²) in [5.41, 5.74) is 0.797. The fraction of sp³-hybridized carbons (Fsp3) is 0.500. The summed E-state index contributed by atoms with van der Waals surface area (Å²) >= 11 is 0. The monoisotopic (exact) mass is 288 g/mol. The van der Waals surface area contributed by atoms with Crippen LogP contribution < -0.4 is 5.32 Å². The third-order valence-electron chi connectivity index (χ3n) is 4.35. The molecule has 112 valence electrons. The number of hydrogen-bond donors (Lipinski definition) is 1. The number of rotatable bonds is 2. The third-order valence-corrected chi connectivity index (χ3v) is 4.35. The molecule has 1 spiro atoms. The molecule has 1 aromatic rings. The molecule has 21 heavy (non-hydrogen) atoms. The highest BCUT2D eigenvalue weighted by Gasteiger charge is 2.45. The second-order valence-corrected chi connectivity index (χ2v) is 5.63. The van der Waals surface area contributed by atoms with Crippen LogP contribution in [0, 0.1) is 0 Å². The fourth-order valence-electron chi connectivity index (χ4n) is 3.13. The zero-order chi connectivity index (χ0) is 14.9. The molecule has 2 fully saturated rings. The van der Waals surface area contributed by atoms with E-state index < -0.39 is 5.72 Å². The second-order valence-electron chi connectivity index (χ2n) is 5.63. The third kappa shape index (κ3) is 2.59. The smallest absolute Gasteiger partial charge is 0.256 e. The van der Waals surface area contributed by atoms with Gasteiger partial charge in [-0.3, -0.25) is 9.59 Å². The van der Waals surface area contributed by atoms with E-state index in [4.69, 9.17) is 4.74 Å². The van der Waals surface area contributed by atoms with Crippen LogP contribution in [0.1, 0.15) is 40.5 Å². The number of Topliss-reactive ketones (excluding diaryl/α,β-unsaturated/α-hetero) is 1. The molecule has 0 aliphatic carbocycles. The van der Waals surface area contributed by atoms with Crippen LogP contribution in [0.3, 0.4) is 0 Å². The Morgan fingerprint density at radius 1 is 1.14 bits per heavy atom. The van der Waals surface area contributed by atoms with Gasteiger partial charge >= 0.3 is 0 Å². The van der Waals surface area contributed by atoms with Gasteiger partial charge in [-0.15, -0.1) is 0 Å². The summed E-state index contributed by atoms with van der Waals surface area (Å²) in [5.74, 6) is -0.00201. The molecule has 0 unspecified atom stereocenters. The van der Waals surface area contributed by atoms with E-state index in [2.05, 4.69) is 5.32 Å². The van der Waals surface area contributed by atoms with E-state index in [1.807, 2.05) is 4.90 Å². The average Bonchev–Trinajstić information content (AvgIpc) is 2.90. The molecule has 2 aliphatic rings. The van der Waals surface area contributed by atoms with Gasteiger partial charge in [-0.1, -0.05) is 12.1 Å². The SMILES string of the molecule is CC(=O)c1ccc(C(=O)N2CCOC23CCNCC3)cc1. The quantitative estimate of drug-likeness (QED) is 0.837. The number of ketones is 1. The number of nitrogens with one attached hydrogen (secondary N) is 1. The highest BCUT2D eigenvalue weighted by atomic mass is 16.5. The van der Waals surface area contributed by atoms with Crippen molar-refractivity contribution in [1.29, 1.82) is 0 Å². The molecule has 0 atom stereocenters. The van der Waals surface area contributed by atoms with Crippen LogP contribution in [-0.2, 0) is 4.74 Å². The van der Waals surface area contributed by atoms with E-state index in [9.17, 15) is 9.59 Å². The van der Waals surface area contributed by atoms with E-state index in [1.165, 1.54) is 6.92 Å². The van der Waals surface area contributed by atoms with Crippen LogP contribution in [0.15, 0.2) is 24.3 Å². The van der Waals surface area contributed by atoms with Gasteiger partial charge in [0.25, 0.3) is 5.91 Å². The maximum Gasteiger partial charge on any atom is 0.256 e. The summed E-state index contributed by atoms with van der Waals surface area (Å²) in [5, 5.41) is 3.30. The summed E-state index contributed by atoms with van der Waals surface area (Å²) in [7, 11) is 0. The Morgan fingerprint density at radius 2 is 1.76 bits per heavy atom. The van der Waals surface area contributed by atoms with Gasteiger partial charge in [0.2, 0.25) is 0 Å². The highest BCUT2D eigenvalue weighted by molar-refractivity contribution is 5.98. The predicted molar refractivity (Wildman–Crippen MR) is 78.3 cm³/mol. The predicted octanol–water partition coefficient (Wildman–Crippen LogP) is 1.44. The van der Waals surface area contributed by atoms with Crippen LogP contribution in [0.4, 0.5) is 0 Å². The van der Waals surface area contributed by atoms with Crippen molar-refractivity contribution in [2.45, 2.75) is 25.5 Å². The molecule has 0 aromatic heterocycles. The molecule has 3 rings (SSSR count). The molecule has 2 heterocycles. The largest absolute Gasteiger partial charge is 0.354 e. The number of benzene rings is 1. The lowest BCUT2D eigenvalue weighted by Gasteiger charge is -2.40. The molecular weight excluding hydrogens is 268 g/mol. The number of hydrogen-bond acceptors (Lipinski definition) is 4. The van der Waals surface area contributed by atoms with Gasteiger partial charge in [0.05, 0.1) is 6.61 Å². The number of carbonyl (C=O) groups excluding carboxylic acids is 2. The molecule has 0 bridgehead atoms. The Hall–Kier alpha value is -1.72. The average molecular weight is 288 g/mol. The Morgan fingerprint density at radius 3 is 2.38 bits per heavy atom. The first-order valence-electron chi connectivity index (χ1n) is 7.40. The van der Waals surface area contributed by atoms with Crippen LogP contribution in [0.2, 0.25) is 0 Å². The van der Waals surface area contributed by atoms with Crippen molar-refractivity contribution in [3.8, 4) is 0 Å². The van der Waals surface area contributed by atoms with Crippen LogP contribution in [-0.4, -0.2) is 48.6 Å². The van der Waals surface area contributed by atoms with Crippen molar-refractivity contribution in [3.63, 3.8) is 0 Å². The zero-order valence-electron chi connectivity index (χ0n) is 12.2. The summed E-state index contributed by atoms with van der Waals surface area (Å²) < 4.78 is 5.91. The molecule has 2 aliphatic heterocycles. The van der Waals surface area contributed by atoms with Crippen molar-refractivity contribution in [1.82, 2.24) is 10.2 Å². The number of ether oxygens (including phenoxy) is 1. The first kappa shape index (κ1) is 14.2. The summed E-state index contributed by atoms with van der Waals surface area (Å²) in [4.78, 5) is 25.9. The maximum atomic E-state index is 12.7. The van der Waals surface area contributed by atoms with E-state index in [1.54, 1.807) is 24.3 Å². The maximum absolute atomic E-state index is 12.7. The second kappa shape index (κ2) is 5.58. The van der Waals surface area contributed by atoms with Crippen LogP contribution >= 0.6 is 0 Å². The molecule has 0 saturated carbocycles. The lowest BCUT2D eigenvalue weighted by molar-refractivity contribution is -0.0872. The molecule has 2 saturated heterocycles. The Balaban J connectivity index is 1.82. The number of piperidine rings is 1. The van der Waals surface area contributed by atoms with E-state index in [-0.39, 0.29) is 11.7 Å². The number of amides is 1. The van der Waals surface area contributed by atoms with Gasteiger partial charge in [-0.05, 0) is 32.1 Å². The lowest BCUT2D eigenvalue weighted by Crippen LogP contribution is -2.54. The minimum Gasteiger partial charge on any atom is -0.354 e. The topological polar surface area (TPSA) is 58.6 Å². The minimum atomic E-state index is -0.443. The van der Waals surface area contributed by atoms with E-state index in [0.717, 1.165) is 25.9 Å². The van der Waals surface area contributed by atoms with Crippen molar-refractivity contribution >= 4 is 11.7 Å². The Labute approximate surface area is 124 Å². The molecule has 5 nitrogen and oxygen atoms in total. The zero-order valence-corrected chi connectivity index (χ0v) is 12.2. The van der Waals surface area contributed by atoms with Gasteiger partial charge in [-0.25, -0.2) is 0 Å². The van der Waals surface area contributed by atoms with Crippen molar-refractivity contribution < 1.29 is 14.3 Å². The summed E-state index contributed by atoms with van der Waals surface area (Å²) in [6.07, 6.45) is 1.65. The fourth-order valence-corrected chi connectivity index (χ4v) is 3.13. The molecule has 1 aromatic carbocycles. The van der Waals surface area contributed by atoms with Crippen molar-refractivity contribution in [2.24, 2.45) is 0 Å². The Bertz CT molecular complexity index is 547. The van der Waals surface area contributed by atoms with Crippen molar-refractivity contribution in [2.75, 3.05) is 26.2 Å². The van der Waals surface area contributed by atoms with Crippen LogP contribution in [0.25, 0.3) is 0 Å². The number of nitrogens with zero attached hydrogens (tertiary/aromatic N) is 1. The normalized spacial score (nSPS) is 20.7. The summed E-state index contributed by atoms with van der Waals surface area (Å²) in [6, 6.07) is 6.88. The standard InChI is InChI=1S/C16H20N2O3/c1-12(19)13-2-4-14(5-3-13)15(20)18-10-11-21-16(18)6-8-17-9-7-16/h2-5,17H,6-11H2,1H3. The number of carbonyl (C=O) groups is 2. The van der Waals surface area contributed by atoms with Crippen molar-refractivity contribution in [3.05, 3.63) is 35.4 Å². The van der Waals surface area contributed by atoms with E-state index >= 15 is 0 Å². The molecule has 1 N–H and O–H groups in total. The lowest BCUT2D eigenvalue weighted by atomic mass is 9.99. The molecule has 0 radical (unpaired) electrons.